The molecule has 4 N–H and O–H groups in total. The van der Waals surface area contributed by atoms with Gasteiger partial charge in [-0.1, -0.05) is 12.1 Å². The molecule has 0 atom stereocenters. The molecule has 1 amide bonds. The minimum Gasteiger partial charge on any atom is -0.507 e. The van der Waals surface area contributed by atoms with Crippen LogP contribution in [0.15, 0.2) is 30.3 Å². The van der Waals surface area contributed by atoms with Gasteiger partial charge in [0.2, 0.25) is 6.79 Å². The SMILES string of the molecule is Cc1cccc(NC(=O)C[NH+]2CC[NH+](Cc3cc4c(cc3O)OCO4)CC2)c1C. The van der Waals surface area contributed by atoms with Crippen LogP contribution in [0.5, 0.6) is 17.2 Å². The number of amides is 1. The van der Waals surface area contributed by atoms with E-state index in [-0.39, 0.29) is 18.4 Å². The second kappa shape index (κ2) is 8.31. The fraction of sp³-hybridized carbons (Fsp3) is 0.409. The number of nitrogens with one attached hydrogen (secondary N) is 3. The topological polar surface area (TPSA) is 76.7 Å². The highest BCUT2D eigenvalue weighted by Crippen LogP contribution is 2.37. The minimum absolute atomic E-state index is 0.0607. The first-order valence-electron chi connectivity index (χ1n) is 10.1. The Morgan fingerprint density at radius 2 is 1.76 bits per heavy atom. The maximum absolute atomic E-state index is 12.5. The highest BCUT2D eigenvalue weighted by molar-refractivity contribution is 5.92. The van der Waals surface area contributed by atoms with Crippen LogP contribution in [-0.4, -0.2) is 50.5 Å². The molecule has 2 aromatic rings. The molecule has 1 fully saturated rings. The Kier molecular flexibility index (Phi) is 5.60. The Hall–Kier alpha value is -2.77. The second-order valence-corrected chi connectivity index (χ2v) is 7.98. The van der Waals surface area contributed by atoms with Gasteiger partial charge in [0.05, 0.1) is 5.56 Å². The molecule has 0 bridgehead atoms. The van der Waals surface area contributed by atoms with Gasteiger partial charge in [0.25, 0.3) is 5.91 Å². The lowest BCUT2D eigenvalue weighted by atomic mass is 10.1. The number of rotatable bonds is 5. The van der Waals surface area contributed by atoms with E-state index in [0.29, 0.717) is 18.0 Å². The van der Waals surface area contributed by atoms with Gasteiger partial charge in [0.1, 0.15) is 38.5 Å². The van der Waals surface area contributed by atoms with Crippen LogP contribution in [0.4, 0.5) is 5.69 Å². The van der Waals surface area contributed by atoms with Gasteiger partial charge < -0.3 is 29.7 Å². The number of piperazine rings is 1. The van der Waals surface area contributed by atoms with E-state index < -0.39 is 0 Å². The maximum atomic E-state index is 12.5. The third-order valence-electron chi connectivity index (χ3n) is 5.97. The molecule has 154 valence electrons. The van der Waals surface area contributed by atoms with Crippen molar-refractivity contribution in [1.29, 1.82) is 0 Å². The van der Waals surface area contributed by atoms with Gasteiger partial charge >= 0.3 is 0 Å². The molecule has 0 aliphatic carbocycles. The third-order valence-corrected chi connectivity index (χ3v) is 5.97. The van der Waals surface area contributed by atoms with Crippen LogP contribution in [-0.2, 0) is 11.3 Å². The Morgan fingerprint density at radius 1 is 1.07 bits per heavy atom. The lowest BCUT2D eigenvalue weighted by Gasteiger charge is -2.29. The number of anilines is 1. The summed E-state index contributed by atoms with van der Waals surface area (Å²) in [4.78, 5) is 15.2. The largest absolute Gasteiger partial charge is 0.507 e. The van der Waals surface area contributed by atoms with Crippen molar-refractivity contribution in [1.82, 2.24) is 0 Å². The molecule has 0 radical (unpaired) electrons. The predicted octanol–water partition coefficient (Wildman–Crippen LogP) is -0.340. The summed E-state index contributed by atoms with van der Waals surface area (Å²) in [6, 6.07) is 9.49. The molecule has 7 nitrogen and oxygen atoms in total. The number of fused-ring (bicyclic) bond motifs is 1. The van der Waals surface area contributed by atoms with Crippen LogP contribution < -0.4 is 24.6 Å². The molecule has 4 rings (SSSR count). The highest BCUT2D eigenvalue weighted by atomic mass is 16.7. The summed E-state index contributed by atoms with van der Waals surface area (Å²) in [5.41, 5.74) is 4.07. The molecule has 0 unspecified atom stereocenters. The van der Waals surface area contributed by atoms with Gasteiger partial charge in [0, 0.05) is 11.8 Å². The molecule has 2 aliphatic heterocycles. The molecule has 2 aliphatic rings. The van der Waals surface area contributed by atoms with Gasteiger partial charge in [-0.15, -0.1) is 0 Å². The van der Waals surface area contributed by atoms with Gasteiger partial charge in [-0.05, 0) is 37.1 Å². The summed E-state index contributed by atoms with van der Waals surface area (Å²) in [5, 5.41) is 13.3. The zero-order valence-corrected chi connectivity index (χ0v) is 17.0. The Bertz CT molecular complexity index is 907. The molecule has 2 heterocycles. The van der Waals surface area contributed by atoms with E-state index in [1.807, 2.05) is 25.1 Å². The fourth-order valence-corrected chi connectivity index (χ4v) is 4.00. The molecule has 1 saturated heterocycles. The van der Waals surface area contributed by atoms with Crippen molar-refractivity contribution in [3.8, 4) is 17.2 Å². The van der Waals surface area contributed by atoms with Gasteiger partial charge in [-0.25, -0.2) is 0 Å². The van der Waals surface area contributed by atoms with Gasteiger partial charge in [0.15, 0.2) is 18.0 Å². The Morgan fingerprint density at radius 3 is 2.52 bits per heavy atom. The third kappa shape index (κ3) is 4.46. The summed E-state index contributed by atoms with van der Waals surface area (Å²) in [6.07, 6.45) is 0. The lowest BCUT2D eigenvalue weighted by molar-refractivity contribution is -1.02. The molecular weight excluding hydrogens is 370 g/mol. The predicted molar refractivity (Wildman–Crippen MR) is 109 cm³/mol. The summed E-state index contributed by atoms with van der Waals surface area (Å²) >= 11 is 0. The maximum Gasteiger partial charge on any atom is 0.279 e. The molecule has 29 heavy (non-hydrogen) atoms. The van der Waals surface area contributed by atoms with Crippen LogP contribution in [0.3, 0.4) is 0 Å². The summed E-state index contributed by atoms with van der Waals surface area (Å²) in [7, 11) is 0. The number of carbonyl (C=O) groups is 1. The van der Waals surface area contributed by atoms with Gasteiger partial charge in [-0.3, -0.25) is 4.79 Å². The average molecular weight is 399 g/mol. The van der Waals surface area contributed by atoms with E-state index in [4.69, 9.17) is 9.47 Å². The molecular formula is C22H29N3O4+2. The van der Waals surface area contributed by atoms with Crippen LogP contribution in [0.25, 0.3) is 0 Å². The van der Waals surface area contributed by atoms with E-state index in [1.165, 1.54) is 15.4 Å². The first kappa shape index (κ1) is 19.5. The van der Waals surface area contributed by atoms with Crippen LogP contribution in [0.1, 0.15) is 16.7 Å². The van der Waals surface area contributed by atoms with E-state index in [2.05, 4.69) is 18.3 Å². The Balaban J connectivity index is 1.27. The minimum atomic E-state index is 0.0607. The number of aryl methyl sites for hydroxylation is 1. The highest BCUT2D eigenvalue weighted by Gasteiger charge is 2.27. The number of benzene rings is 2. The van der Waals surface area contributed by atoms with Crippen molar-refractivity contribution in [2.75, 3.05) is 44.8 Å². The molecule has 2 aromatic carbocycles. The molecule has 0 saturated carbocycles. The average Bonchev–Trinajstić information content (AvgIpc) is 3.14. The first-order chi connectivity index (χ1) is 14.0. The molecule has 0 aromatic heterocycles. The van der Waals surface area contributed by atoms with Crippen LogP contribution in [0.2, 0.25) is 0 Å². The van der Waals surface area contributed by atoms with Crippen molar-refractivity contribution in [3.63, 3.8) is 0 Å². The van der Waals surface area contributed by atoms with Crippen molar-refractivity contribution >= 4 is 11.6 Å². The smallest absolute Gasteiger partial charge is 0.279 e. The number of hydrogen-bond donors (Lipinski definition) is 4. The van der Waals surface area contributed by atoms with E-state index in [0.717, 1.165) is 49.5 Å². The standard InChI is InChI=1S/C22H27N3O4/c1-15-4-3-5-18(16(15)2)23-22(27)13-25-8-6-24(7-9-25)12-17-10-20-21(11-19(17)26)29-14-28-20/h3-5,10-11,26H,6-9,12-14H2,1-2H3,(H,23,27)/p+2. The van der Waals surface area contributed by atoms with Crippen molar-refractivity contribution in [3.05, 3.63) is 47.0 Å². The summed E-state index contributed by atoms with van der Waals surface area (Å²) < 4.78 is 10.7. The van der Waals surface area contributed by atoms with Crippen LogP contribution in [0, 0.1) is 13.8 Å². The number of phenolic OH excluding ortho intramolecular Hbond substituents is 1. The lowest BCUT2D eigenvalue weighted by Crippen LogP contribution is -3.28. The van der Waals surface area contributed by atoms with E-state index in [9.17, 15) is 9.90 Å². The van der Waals surface area contributed by atoms with E-state index >= 15 is 0 Å². The van der Waals surface area contributed by atoms with Crippen molar-refractivity contribution < 1.29 is 29.2 Å². The number of ether oxygens (including phenoxy) is 2. The number of hydrogen-bond acceptors (Lipinski definition) is 4. The fourth-order valence-electron chi connectivity index (χ4n) is 4.00. The second-order valence-electron chi connectivity index (χ2n) is 7.98. The number of aromatic hydroxyl groups is 1. The number of carbonyl (C=O) groups excluding carboxylic acids is 1. The zero-order valence-electron chi connectivity index (χ0n) is 17.0. The van der Waals surface area contributed by atoms with Crippen molar-refractivity contribution in [2.24, 2.45) is 0 Å². The summed E-state index contributed by atoms with van der Waals surface area (Å²) in [6.45, 7) is 9.29. The van der Waals surface area contributed by atoms with Crippen molar-refractivity contribution in [2.45, 2.75) is 20.4 Å². The first-order valence-corrected chi connectivity index (χ1v) is 10.1. The monoisotopic (exact) mass is 399 g/mol. The number of quaternary nitrogens is 2. The normalized spacial score (nSPS) is 20.5. The zero-order chi connectivity index (χ0) is 20.4. The van der Waals surface area contributed by atoms with Gasteiger partial charge in [-0.2, -0.15) is 0 Å². The quantitative estimate of drug-likeness (QED) is 0.555. The number of phenols is 1. The van der Waals surface area contributed by atoms with E-state index in [1.54, 1.807) is 6.07 Å². The molecule has 7 heteroatoms. The Labute approximate surface area is 170 Å². The summed E-state index contributed by atoms with van der Waals surface area (Å²) in [5.74, 6) is 1.62. The van der Waals surface area contributed by atoms with Crippen LogP contribution >= 0.6 is 0 Å². The molecule has 0 spiro atoms.